The molecule has 0 fully saturated rings. The topological polar surface area (TPSA) is 60.4 Å². The Balaban J connectivity index is 1.73. The Morgan fingerprint density at radius 3 is 2.68 bits per heavy atom. The van der Waals surface area contributed by atoms with Crippen molar-refractivity contribution in [3.63, 3.8) is 0 Å². The van der Waals surface area contributed by atoms with Crippen molar-refractivity contribution >= 4 is 34.3 Å². The van der Waals surface area contributed by atoms with Crippen LogP contribution in [0.25, 0.3) is 11.3 Å². The fraction of sp³-hybridized carbons (Fsp3) is 0.261. The van der Waals surface area contributed by atoms with Crippen LogP contribution in [0.2, 0.25) is 5.02 Å². The predicted molar refractivity (Wildman–Crippen MR) is 122 cm³/mol. The van der Waals surface area contributed by atoms with Crippen molar-refractivity contribution in [3.05, 3.63) is 85.2 Å². The number of hydrogen-bond donors (Lipinski definition) is 0. The number of allylic oxidation sites excluding steroid dienone is 2. The van der Waals surface area contributed by atoms with Gasteiger partial charge in [0.1, 0.15) is 5.82 Å². The zero-order chi connectivity index (χ0) is 21.8. The van der Waals surface area contributed by atoms with Crippen LogP contribution in [0.1, 0.15) is 32.1 Å². The van der Waals surface area contributed by atoms with Crippen molar-refractivity contribution in [1.82, 2.24) is 4.57 Å². The van der Waals surface area contributed by atoms with E-state index in [1.54, 1.807) is 18.2 Å². The summed E-state index contributed by atoms with van der Waals surface area (Å²) >= 11 is 7.26. The van der Waals surface area contributed by atoms with E-state index in [9.17, 15) is 14.5 Å². The summed E-state index contributed by atoms with van der Waals surface area (Å²) in [5.41, 5.74) is 3.81. The first-order chi connectivity index (χ1) is 15.0. The predicted octanol–water partition coefficient (Wildman–Crippen LogP) is 7.04. The number of non-ortho nitro benzene ring substituents is 1. The highest BCUT2D eigenvalue weighted by atomic mass is 35.5. The van der Waals surface area contributed by atoms with E-state index in [1.807, 2.05) is 5.38 Å². The molecule has 3 aromatic rings. The largest absolute Gasteiger partial charge is 0.316 e. The first kappa shape index (κ1) is 21.5. The molecule has 1 aromatic heterocycles. The third kappa shape index (κ3) is 5.11. The molecule has 8 heteroatoms. The lowest BCUT2D eigenvalue weighted by Crippen LogP contribution is -2.16. The first-order valence-electron chi connectivity index (χ1n) is 10.1. The van der Waals surface area contributed by atoms with Gasteiger partial charge in [0.05, 0.1) is 21.3 Å². The molecule has 0 aliphatic heterocycles. The van der Waals surface area contributed by atoms with Gasteiger partial charge in [0.25, 0.3) is 5.69 Å². The van der Waals surface area contributed by atoms with Gasteiger partial charge in [-0.2, -0.15) is 0 Å². The Kier molecular flexibility index (Phi) is 6.63. The minimum absolute atomic E-state index is 0.0550. The molecule has 0 N–H and O–H groups in total. The number of hydrogen-bond acceptors (Lipinski definition) is 4. The van der Waals surface area contributed by atoms with Crippen LogP contribution in [0, 0.1) is 15.9 Å². The molecule has 0 saturated carbocycles. The molecule has 0 unspecified atom stereocenters. The third-order valence-corrected chi connectivity index (χ3v) is 6.51. The molecule has 31 heavy (non-hydrogen) atoms. The van der Waals surface area contributed by atoms with Crippen molar-refractivity contribution in [3.8, 4) is 11.3 Å². The highest BCUT2D eigenvalue weighted by molar-refractivity contribution is 7.07. The Morgan fingerprint density at radius 1 is 1.19 bits per heavy atom. The molecule has 0 atom stereocenters. The van der Waals surface area contributed by atoms with Crippen LogP contribution < -0.4 is 4.80 Å². The normalized spacial score (nSPS) is 14.5. The van der Waals surface area contributed by atoms with Crippen LogP contribution >= 0.6 is 22.9 Å². The van der Waals surface area contributed by atoms with E-state index in [0.29, 0.717) is 5.69 Å². The summed E-state index contributed by atoms with van der Waals surface area (Å²) in [5, 5.41) is 13.0. The minimum atomic E-state index is -0.506. The van der Waals surface area contributed by atoms with Gasteiger partial charge < -0.3 is 4.57 Å². The summed E-state index contributed by atoms with van der Waals surface area (Å²) in [4.78, 5) is 16.0. The van der Waals surface area contributed by atoms with Crippen LogP contribution in [-0.2, 0) is 6.54 Å². The second-order valence-electron chi connectivity index (χ2n) is 7.43. The number of rotatable bonds is 6. The molecule has 0 spiro atoms. The quantitative estimate of drug-likeness (QED) is 0.226. The molecular formula is C23H21ClFN3O2S. The SMILES string of the molecule is O=[N+]([O-])c1ccc(-c2csc(=Nc3ccc(Cl)c(F)c3)n2CCC2=CCCCC2)cc1. The third-order valence-electron chi connectivity index (χ3n) is 5.34. The van der Waals surface area contributed by atoms with Crippen LogP contribution in [-0.4, -0.2) is 9.49 Å². The van der Waals surface area contributed by atoms with Gasteiger partial charge in [-0.1, -0.05) is 23.3 Å². The molecule has 1 aliphatic carbocycles. The van der Waals surface area contributed by atoms with E-state index in [4.69, 9.17) is 11.6 Å². The summed E-state index contributed by atoms with van der Waals surface area (Å²) in [7, 11) is 0. The summed E-state index contributed by atoms with van der Waals surface area (Å²) in [6, 6.07) is 11.0. The molecule has 1 aliphatic rings. The maximum atomic E-state index is 13.9. The number of halogens is 2. The van der Waals surface area contributed by atoms with Gasteiger partial charge in [-0.15, -0.1) is 11.3 Å². The highest BCUT2D eigenvalue weighted by Gasteiger charge is 2.12. The summed E-state index contributed by atoms with van der Waals surface area (Å²) in [6.45, 7) is 0.733. The smallest absolute Gasteiger partial charge is 0.269 e. The molecule has 0 amide bonds. The van der Waals surface area contributed by atoms with E-state index >= 15 is 0 Å². The van der Waals surface area contributed by atoms with Crippen LogP contribution in [0.4, 0.5) is 15.8 Å². The molecule has 160 valence electrons. The van der Waals surface area contributed by atoms with Crippen molar-refractivity contribution in [2.75, 3.05) is 0 Å². The second kappa shape index (κ2) is 9.58. The number of aromatic nitrogens is 1. The molecule has 0 saturated heterocycles. The minimum Gasteiger partial charge on any atom is -0.316 e. The fourth-order valence-electron chi connectivity index (χ4n) is 3.67. The molecule has 4 rings (SSSR count). The maximum absolute atomic E-state index is 13.9. The number of nitrogens with zero attached hydrogens (tertiary/aromatic N) is 3. The van der Waals surface area contributed by atoms with Gasteiger partial charge in [-0.3, -0.25) is 10.1 Å². The second-order valence-corrected chi connectivity index (χ2v) is 8.67. The molecule has 5 nitrogen and oxygen atoms in total. The summed E-state index contributed by atoms with van der Waals surface area (Å²) < 4.78 is 16.0. The number of thiazole rings is 1. The van der Waals surface area contributed by atoms with Crippen molar-refractivity contribution in [1.29, 1.82) is 0 Å². The Morgan fingerprint density at radius 2 is 2.00 bits per heavy atom. The van der Waals surface area contributed by atoms with Gasteiger partial charge in [0, 0.05) is 30.1 Å². The molecular weight excluding hydrogens is 437 g/mol. The van der Waals surface area contributed by atoms with Crippen molar-refractivity contribution in [2.45, 2.75) is 38.6 Å². The number of benzene rings is 2. The zero-order valence-corrected chi connectivity index (χ0v) is 18.3. The highest BCUT2D eigenvalue weighted by Crippen LogP contribution is 2.26. The van der Waals surface area contributed by atoms with Crippen LogP contribution in [0.3, 0.4) is 0 Å². The van der Waals surface area contributed by atoms with Gasteiger partial charge >= 0.3 is 0 Å². The number of nitro benzene ring substituents is 1. The van der Waals surface area contributed by atoms with E-state index in [2.05, 4.69) is 15.6 Å². The Bertz CT molecular complexity index is 1200. The summed E-state index contributed by atoms with van der Waals surface area (Å²) in [5.74, 6) is -0.506. The molecule has 1 heterocycles. The monoisotopic (exact) mass is 457 g/mol. The maximum Gasteiger partial charge on any atom is 0.269 e. The molecule has 2 aromatic carbocycles. The summed E-state index contributed by atoms with van der Waals surface area (Å²) in [6.07, 6.45) is 7.95. The standard InChI is InChI=1S/C23H21ClFN3O2S/c24-20-11-8-18(14-21(20)25)26-23-27(13-12-16-4-2-1-3-5-16)22(15-31-23)17-6-9-19(10-7-17)28(29)30/h4,6-11,14-15H,1-3,5,12-13H2. The van der Waals surface area contributed by atoms with E-state index < -0.39 is 10.7 Å². The zero-order valence-electron chi connectivity index (χ0n) is 16.8. The molecule has 0 bridgehead atoms. The van der Waals surface area contributed by atoms with Gasteiger partial charge in [0.15, 0.2) is 4.80 Å². The lowest BCUT2D eigenvalue weighted by atomic mass is 9.97. The van der Waals surface area contributed by atoms with E-state index in [0.717, 1.165) is 41.9 Å². The first-order valence-corrected chi connectivity index (χ1v) is 11.4. The van der Waals surface area contributed by atoms with Crippen molar-refractivity contribution in [2.24, 2.45) is 4.99 Å². The van der Waals surface area contributed by atoms with Gasteiger partial charge in [-0.25, -0.2) is 9.38 Å². The number of nitro groups is 1. The molecule has 0 radical (unpaired) electrons. The van der Waals surface area contributed by atoms with Gasteiger partial charge in [0.2, 0.25) is 0 Å². The average Bonchev–Trinajstić information content (AvgIpc) is 3.18. The van der Waals surface area contributed by atoms with Crippen LogP contribution in [0.5, 0.6) is 0 Å². The Hall–Kier alpha value is -2.77. The fourth-order valence-corrected chi connectivity index (χ4v) is 4.74. The van der Waals surface area contributed by atoms with E-state index in [1.165, 1.54) is 54.0 Å². The average molecular weight is 458 g/mol. The Labute approximate surface area is 188 Å². The van der Waals surface area contributed by atoms with Crippen molar-refractivity contribution < 1.29 is 9.31 Å². The van der Waals surface area contributed by atoms with E-state index in [-0.39, 0.29) is 10.7 Å². The van der Waals surface area contributed by atoms with Crippen LogP contribution in [0.15, 0.2) is 64.5 Å². The lowest BCUT2D eigenvalue weighted by Gasteiger charge is -2.14. The lowest BCUT2D eigenvalue weighted by molar-refractivity contribution is -0.384. The van der Waals surface area contributed by atoms with Gasteiger partial charge in [-0.05, 0) is 61.9 Å².